The van der Waals surface area contributed by atoms with E-state index in [1.54, 1.807) is 0 Å². The van der Waals surface area contributed by atoms with Crippen LogP contribution in [0.4, 0.5) is 4.79 Å². The van der Waals surface area contributed by atoms with Crippen molar-refractivity contribution in [3.8, 4) is 0 Å². The van der Waals surface area contributed by atoms with Gasteiger partial charge in [-0.3, -0.25) is 4.79 Å². The first-order chi connectivity index (χ1) is 15.2. The molecule has 1 aromatic rings. The molecule has 0 aliphatic carbocycles. The van der Waals surface area contributed by atoms with Gasteiger partial charge in [-0.05, 0) is 90.4 Å². The van der Waals surface area contributed by atoms with E-state index in [1.165, 1.54) is 0 Å². The molecule has 0 radical (unpaired) electrons. The number of piperidine rings is 1. The van der Waals surface area contributed by atoms with Gasteiger partial charge in [0.1, 0.15) is 5.60 Å². The highest BCUT2D eigenvalue weighted by Crippen LogP contribution is 2.36. The van der Waals surface area contributed by atoms with Gasteiger partial charge in [-0.15, -0.1) is 0 Å². The molecule has 0 spiro atoms. The van der Waals surface area contributed by atoms with Gasteiger partial charge in [-0.1, -0.05) is 13.0 Å². The van der Waals surface area contributed by atoms with Crippen molar-refractivity contribution in [1.82, 2.24) is 10.2 Å². The van der Waals surface area contributed by atoms with Crippen molar-refractivity contribution in [2.45, 2.75) is 91.6 Å². The average Bonchev–Trinajstić information content (AvgIpc) is 2.91. The molecule has 2 fully saturated rings. The Hall–Kier alpha value is -2.06. The summed E-state index contributed by atoms with van der Waals surface area (Å²) in [5, 5.41) is 2.79. The monoisotopic (exact) mass is 458 g/mol. The minimum atomic E-state index is -0.594. The second-order valence-electron chi connectivity index (χ2n) is 11.4. The molecule has 0 bridgehead atoms. The summed E-state index contributed by atoms with van der Waals surface area (Å²) < 4.78 is 17.8. The van der Waals surface area contributed by atoms with Gasteiger partial charge in [0.25, 0.3) is 5.91 Å². The number of nitrogens with zero attached hydrogens (tertiary/aromatic N) is 1. The van der Waals surface area contributed by atoms with Crippen molar-refractivity contribution in [3.05, 3.63) is 29.3 Å². The molecule has 1 N–H and O–H groups in total. The van der Waals surface area contributed by atoms with Crippen molar-refractivity contribution in [2.24, 2.45) is 5.92 Å². The normalized spacial score (nSPS) is 22.2. The number of carbonyl (C=O) groups excluding carboxylic acids is 2. The Balaban J connectivity index is 1.87. The van der Waals surface area contributed by atoms with Gasteiger partial charge in [0.2, 0.25) is 0 Å². The van der Waals surface area contributed by atoms with Gasteiger partial charge in [0, 0.05) is 25.2 Å². The van der Waals surface area contributed by atoms with Crippen molar-refractivity contribution < 1.29 is 23.6 Å². The minimum absolute atomic E-state index is 0.00145. The Kier molecular flexibility index (Phi) is 7.20. The SMILES string of the molecule is CC1CCCN(C(=O)c2cc(CNC(=O)OC(C)(C)C)cc(B3OC(C)(C)C(C)(C)O3)c2)C1. The van der Waals surface area contributed by atoms with Crippen LogP contribution in [-0.4, -0.2) is 53.9 Å². The van der Waals surface area contributed by atoms with Crippen molar-refractivity contribution in [1.29, 1.82) is 0 Å². The van der Waals surface area contributed by atoms with E-state index < -0.39 is 30.0 Å². The molecular formula is C25H39BN2O5. The van der Waals surface area contributed by atoms with Gasteiger partial charge >= 0.3 is 13.2 Å². The predicted octanol–water partition coefficient (Wildman–Crippen LogP) is 3.88. The fourth-order valence-electron chi connectivity index (χ4n) is 4.10. The van der Waals surface area contributed by atoms with Crippen LogP contribution < -0.4 is 10.8 Å². The van der Waals surface area contributed by atoms with Crippen LogP contribution in [0.5, 0.6) is 0 Å². The summed E-state index contributed by atoms with van der Waals surface area (Å²) in [6.07, 6.45) is 1.65. The molecule has 2 amide bonds. The molecule has 2 saturated heterocycles. The Morgan fingerprint density at radius 1 is 1.15 bits per heavy atom. The zero-order valence-electron chi connectivity index (χ0n) is 21.4. The van der Waals surface area contributed by atoms with Gasteiger partial charge in [-0.25, -0.2) is 4.79 Å². The summed E-state index contributed by atoms with van der Waals surface area (Å²) in [6, 6.07) is 5.63. The highest BCUT2D eigenvalue weighted by molar-refractivity contribution is 6.62. The second-order valence-corrected chi connectivity index (χ2v) is 11.4. The second kappa shape index (κ2) is 9.30. The number of likely N-dealkylation sites (tertiary alicyclic amines) is 1. The number of ether oxygens (including phenoxy) is 1. The summed E-state index contributed by atoms with van der Waals surface area (Å²) in [6.45, 7) is 17.4. The van der Waals surface area contributed by atoms with E-state index in [2.05, 4.69) is 12.2 Å². The molecule has 3 rings (SSSR count). The number of hydrogen-bond donors (Lipinski definition) is 1. The van der Waals surface area contributed by atoms with Crippen LogP contribution >= 0.6 is 0 Å². The van der Waals surface area contributed by atoms with Crippen LogP contribution in [0.1, 0.15) is 84.2 Å². The Labute approximate surface area is 198 Å². The van der Waals surface area contributed by atoms with Crippen LogP contribution in [0, 0.1) is 5.92 Å². The molecular weight excluding hydrogens is 419 g/mol. The van der Waals surface area contributed by atoms with E-state index in [9.17, 15) is 9.59 Å². The first-order valence-electron chi connectivity index (χ1n) is 11.9. The topological polar surface area (TPSA) is 77.1 Å². The predicted molar refractivity (Wildman–Crippen MR) is 130 cm³/mol. The van der Waals surface area contributed by atoms with E-state index in [0.29, 0.717) is 11.5 Å². The van der Waals surface area contributed by atoms with Crippen LogP contribution in [0.3, 0.4) is 0 Å². The molecule has 1 unspecified atom stereocenters. The molecule has 1 aromatic carbocycles. The molecule has 33 heavy (non-hydrogen) atoms. The maximum atomic E-state index is 13.4. The summed E-state index contributed by atoms with van der Waals surface area (Å²) in [7, 11) is -0.594. The first kappa shape index (κ1) is 25.6. The fraction of sp³-hybridized carbons (Fsp3) is 0.680. The molecule has 7 nitrogen and oxygen atoms in total. The maximum Gasteiger partial charge on any atom is 0.494 e. The number of nitrogens with one attached hydrogen (secondary N) is 1. The Bertz CT molecular complexity index is 877. The lowest BCUT2D eigenvalue weighted by Gasteiger charge is -2.32. The lowest BCUT2D eigenvalue weighted by molar-refractivity contribution is 0.00578. The van der Waals surface area contributed by atoms with Crippen LogP contribution in [0.25, 0.3) is 0 Å². The highest BCUT2D eigenvalue weighted by atomic mass is 16.7. The summed E-state index contributed by atoms with van der Waals surface area (Å²) in [5.74, 6) is 0.487. The molecule has 0 saturated carbocycles. The number of amides is 2. The van der Waals surface area contributed by atoms with E-state index >= 15 is 0 Å². The number of benzene rings is 1. The summed E-state index contributed by atoms with van der Waals surface area (Å²) in [5.41, 5.74) is 0.578. The quantitative estimate of drug-likeness (QED) is 0.693. The highest BCUT2D eigenvalue weighted by Gasteiger charge is 2.51. The van der Waals surface area contributed by atoms with Crippen LogP contribution in [0.15, 0.2) is 18.2 Å². The van der Waals surface area contributed by atoms with E-state index in [4.69, 9.17) is 14.0 Å². The van der Waals surface area contributed by atoms with Gasteiger partial charge in [0.05, 0.1) is 11.2 Å². The standard InChI is InChI=1S/C25H39BN2O5/c1-17-10-9-11-28(16-17)21(29)19-12-18(15-27-22(30)31-23(2,3)4)13-20(14-19)26-32-24(5,6)25(7,8)33-26/h12-14,17H,9-11,15-16H2,1-8H3,(H,27,30). The first-order valence-corrected chi connectivity index (χ1v) is 11.9. The lowest BCUT2D eigenvalue weighted by Crippen LogP contribution is -2.41. The lowest BCUT2D eigenvalue weighted by atomic mass is 9.77. The van der Waals surface area contributed by atoms with Gasteiger partial charge < -0.3 is 24.3 Å². The van der Waals surface area contributed by atoms with Crippen LogP contribution in [0.2, 0.25) is 0 Å². The van der Waals surface area contributed by atoms with E-state index in [-0.39, 0.29) is 12.5 Å². The zero-order chi connectivity index (χ0) is 24.6. The molecule has 182 valence electrons. The summed E-state index contributed by atoms with van der Waals surface area (Å²) >= 11 is 0. The minimum Gasteiger partial charge on any atom is -0.444 e. The smallest absolute Gasteiger partial charge is 0.444 e. The number of hydrogen-bond acceptors (Lipinski definition) is 5. The third kappa shape index (κ3) is 6.30. The Morgan fingerprint density at radius 3 is 2.36 bits per heavy atom. The van der Waals surface area contributed by atoms with Gasteiger partial charge in [0.15, 0.2) is 0 Å². The van der Waals surface area contributed by atoms with Gasteiger partial charge in [-0.2, -0.15) is 0 Å². The van der Waals surface area contributed by atoms with Crippen molar-refractivity contribution >= 4 is 24.6 Å². The largest absolute Gasteiger partial charge is 0.494 e. The molecule has 2 aliphatic heterocycles. The molecule has 0 aromatic heterocycles. The molecule has 2 heterocycles. The Morgan fingerprint density at radius 2 is 1.79 bits per heavy atom. The number of rotatable bonds is 4. The third-order valence-electron chi connectivity index (χ3n) is 6.57. The van der Waals surface area contributed by atoms with E-state index in [1.807, 2.05) is 71.6 Å². The number of carbonyl (C=O) groups is 2. The van der Waals surface area contributed by atoms with Crippen molar-refractivity contribution in [3.63, 3.8) is 0 Å². The summed E-state index contributed by atoms with van der Waals surface area (Å²) in [4.78, 5) is 27.5. The molecule has 2 aliphatic rings. The van der Waals surface area contributed by atoms with Crippen molar-refractivity contribution in [2.75, 3.05) is 13.1 Å². The zero-order valence-corrected chi connectivity index (χ0v) is 21.4. The fourth-order valence-corrected chi connectivity index (χ4v) is 4.10. The molecule has 8 heteroatoms. The number of alkyl carbamates (subject to hydrolysis) is 1. The van der Waals surface area contributed by atoms with E-state index in [0.717, 1.165) is 37.0 Å². The third-order valence-corrected chi connectivity index (χ3v) is 6.57. The average molecular weight is 458 g/mol. The van der Waals surface area contributed by atoms with Crippen LogP contribution in [-0.2, 0) is 20.6 Å². The maximum absolute atomic E-state index is 13.4. The molecule has 1 atom stereocenters.